The molecule has 0 aliphatic carbocycles. The molecule has 1 heterocycles. The molecule has 1 amide bonds. The lowest BCUT2D eigenvalue weighted by molar-refractivity contribution is -0.131. The first kappa shape index (κ1) is 20.7. The summed E-state index contributed by atoms with van der Waals surface area (Å²) in [4.78, 5) is 26.8. The third kappa shape index (κ3) is 4.36. The topological polar surface area (TPSA) is 65.1 Å². The minimum Gasteiger partial charge on any atom is -0.496 e. The maximum absolute atomic E-state index is 13.2. The molecular weight excluding hydrogens is 370 g/mol. The van der Waals surface area contributed by atoms with Crippen molar-refractivity contribution in [2.24, 2.45) is 0 Å². The van der Waals surface area contributed by atoms with Crippen LogP contribution < -0.4 is 14.2 Å². The SMILES string of the molecule is COc1ccc(C(C)=O)cc1CC(=O)N1CCCC1c1ccc(OC)c(OC)c1. The van der Waals surface area contributed by atoms with Crippen molar-refractivity contribution >= 4 is 11.7 Å². The summed E-state index contributed by atoms with van der Waals surface area (Å²) in [6.07, 6.45) is 2.02. The number of carbonyl (C=O) groups excluding carboxylic acids is 2. The van der Waals surface area contributed by atoms with E-state index in [-0.39, 0.29) is 24.2 Å². The maximum Gasteiger partial charge on any atom is 0.227 e. The molecule has 1 aliphatic rings. The molecule has 0 spiro atoms. The highest BCUT2D eigenvalue weighted by atomic mass is 16.5. The average Bonchev–Trinajstić information content (AvgIpc) is 3.23. The predicted octanol–water partition coefficient (Wildman–Crippen LogP) is 3.82. The molecule has 154 valence electrons. The summed E-state index contributed by atoms with van der Waals surface area (Å²) in [5, 5.41) is 0. The second-order valence-corrected chi connectivity index (χ2v) is 7.12. The van der Waals surface area contributed by atoms with Crippen LogP contribution in [0.3, 0.4) is 0 Å². The smallest absolute Gasteiger partial charge is 0.227 e. The van der Waals surface area contributed by atoms with Gasteiger partial charge in [0, 0.05) is 17.7 Å². The van der Waals surface area contributed by atoms with Crippen LogP contribution in [0.4, 0.5) is 0 Å². The molecular formula is C23H27NO5. The van der Waals surface area contributed by atoms with Crippen molar-refractivity contribution in [1.29, 1.82) is 0 Å². The first-order valence-corrected chi connectivity index (χ1v) is 9.67. The number of hydrogen-bond donors (Lipinski definition) is 0. The van der Waals surface area contributed by atoms with Crippen molar-refractivity contribution in [3.8, 4) is 17.2 Å². The van der Waals surface area contributed by atoms with Crippen LogP contribution in [0, 0.1) is 0 Å². The monoisotopic (exact) mass is 397 g/mol. The van der Waals surface area contributed by atoms with E-state index in [0.29, 0.717) is 29.4 Å². The number of benzene rings is 2. The van der Waals surface area contributed by atoms with Gasteiger partial charge in [0.05, 0.1) is 33.8 Å². The summed E-state index contributed by atoms with van der Waals surface area (Å²) >= 11 is 0. The first-order chi connectivity index (χ1) is 14.0. The van der Waals surface area contributed by atoms with Gasteiger partial charge in [-0.2, -0.15) is 0 Å². The molecule has 6 heteroatoms. The number of amides is 1. The summed E-state index contributed by atoms with van der Waals surface area (Å²) < 4.78 is 16.1. The zero-order chi connectivity index (χ0) is 21.0. The third-order valence-electron chi connectivity index (χ3n) is 5.39. The van der Waals surface area contributed by atoms with E-state index >= 15 is 0 Å². The van der Waals surface area contributed by atoms with Gasteiger partial charge >= 0.3 is 0 Å². The Morgan fingerprint density at radius 1 is 0.966 bits per heavy atom. The van der Waals surface area contributed by atoms with Crippen LogP contribution in [-0.2, 0) is 11.2 Å². The number of hydrogen-bond acceptors (Lipinski definition) is 5. The Bertz CT molecular complexity index is 908. The van der Waals surface area contributed by atoms with Gasteiger partial charge in [0.1, 0.15) is 5.75 Å². The summed E-state index contributed by atoms with van der Waals surface area (Å²) in [6, 6.07) is 11.0. The summed E-state index contributed by atoms with van der Waals surface area (Å²) in [6.45, 7) is 2.22. The third-order valence-corrected chi connectivity index (χ3v) is 5.39. The van der Waals surface area contributed by atoms with Gasteiger partial charge in [0.2, 0.25) is 5.91 Å². The van der Waals surface area contributed by atoms with Gasteiger partial charge in [0.15, 0.2) is 17.3 Å². The van der Waals surface area contributed by atoms with Gasteiger partial charge in [-0.1, -0.05) is 6.07 Å². The summed E-state index contributed by atoms with van der Waals surface area (Å²) in [5.74, 6) is 1.91. The highest BCUT2D eigenvalue weighted by Crippen LogP contribution is 2.37. The van der Waals surface area contributed by atoms with Crippen molar-refractivity contribution in [2.75, 3.05) is 27.9 Å². The maximum atomic E-state index is 13.2. The Balaban J connectivity index is 1.84. The molecule has 2 aromatic carbocycles. The van der Waals surface area contributed by atoms with E-state index < -0.39 is 0 Å². The lowest BCUT2D eigenvalue weighted by Crippen LogP contribution is -2.32. The highest BCUT2D eigenvalue weighted by molar-refractivity contribution is 5.94. The average molecular weight is 397 g/mol. The normalized spacial score (nSPS) is 15.9. The molecule has 0 aromatic heterocycles. The van der Waals surface area contributed by atoms with E-state index in [1.54, 1.807) is 39.5 Å². The minimum atomic E-state index is -0.0364. The van der Waals surface area contributed by atoms with Crippen molar-refractivity contribution in [3.63, 3.8) is 0 Å². The fourth-order valence-electron chi connectivity index (χ4n) is 3.87. The molecule has 0 saturated carbocycles. The Kier molecular flexibility index (Phi) is 6.42. The van der Waals surface area contributed by atoms with Crippen LogP contribution in [-0.4, -0.2) is 44.5 Å². The van der Waals surface area contributed by atoms with E-state index in [2.05, 4.69) is 0 Å². The van der Waals surface area contributed by atoms with Crippen molar-refractivity contribution < 1.29 is 23.8 Å². The molecule has 1 unspecified atom stereocenters. The molecule has 1 saturated heterocycles. The van der Waals surface area contributed by atoms with E-state index in [9.17, 15) is 9.59 Å². The molecule has 6 nitrogen and oxygen atoms in total. The molecule has 29 heavy (non-hydrogen) atoms. The van der Waals surface area contributed by atoms with E-state index in [1.165, 1.54) is 6.92 Å². The summed E-state index contributed by atoms with van der Waals surface area (Å²) in [5.41, 5.74) is 2.33. The Hall–Kier alpha value is -3.02. The van der Waals surface area contributed by atoms with Crippen LogP contribution >= 0.6 is 0 Å². The molecule has 1 atom stereocenters. The molecule has 0 bridgehead atoms. The van der Waals surface area contributed by atoms with Crippen LogP contribution in [0.5, 0.6) is 17.2 Å². The quantitative estimate of drug-likeness (QED) is 0.665. The van der Waals surface area contributed by atoms with Crippen molar-refractivity contribution in [2.45, 2.75) is 32.2 Å². The van der Waals surface area contributed by atoms with Gasteiger partial charge in [0.25, 0.3) is 0 Å². The Morgan fingerprint density at radius 3 is 2.31 bits per heavy atom. The van der Waals surface area contributed by atoms with E-state index in [4.69, 9.17) is 14.2 Å². The number of ketones is 1. The number of likely N-dealkylation sites (tertiary alicyclic amines) is 1. The number of carbonyl (C=O) groups is 2. The van der Waals surface area contributed by atoms with Crippen LogP contribution in [0.2, 0.25) is 0 Å². The van der Waals surface area contributed by atoms with Crippen molar-refractivity contribution in [1.82, 2.24) is 4.90 Å². The fourth-order valence-corrected chi connectivity index (χ4v) is 3.87. The molecule has 3 rings (SSSR count). The van der Waals surface area contributed by atoms with Gasteiger partial charge in [-0.15, -0.1) is 0 Å². The number of nitrogens with zero attached hydrogens (tertiary/aromatic N) is 1. The number of Topliss-reactive ketones (excluding diaryl/α,β-unsaturated/α-hetero) is 1. The van der Waals surface area contributed by atoms with Crippen LogP contribution in [0.15, 0.2) is 36.4 Å². The molecule has 1 fully saturated rings. The second-order valence-electron chi connectivity index (χ2n) is 7.12. The van der Waals surface area contributed by atoms with Gasteiger partial charge in [-0.25, -0.2) is 0 Å². The molecule has 1 aliphatic heterocycles. The Morgan fingerprint density at radius 2 is 1.66 bits per heavy atom. The lowest BCUT2D eigenvalue weighted by atomic mass is 10.0. The highest BCUT2D eigenvalue weighted by Gasteiger charge is 2.31. The van der Waals surface area contributed by atoms with Gasteiger partial charge < -0.3 is 19.1 Å². The largest absolute Gasteiger partial charge is 0.496 e. The standard InChI is InChI=1S/C23H27NO5/c1-15(25)16-7-9-20(27-2)18(12-16)14-23(26)24-11-5-6-19(24)17-8-10-21(28-3)22(13-17)29-4/h7-10,12-13,19H,5-6,11,14H2,1-4H3. The molecule has 0 radical (unpaired) electrons. The lowest BCUT2D eigenvalue weighted by Gasteiger charge is -2.26. The van der Waals surface area contributed by atoms with Crippen LogP contribution in [0.25, 0.3) is 0 Å². The van der Waals surface area contributed by atoms with Crippen LogP contribution in [0.1, 0.15) is 47.3 Å². The molecule has 2 aromatic rings. The fraction of sp³-hybridized carbons (Fsp3) is 0.391. The zero-order valence-corrected chi connectivity index (χ0v) is 17.4. The Labute approximate surface area is 171 Å². The van der Waals surface area contributed by atoms with E-state index in [1.807, 2.05) is 23.1 Å². The number of ether oxygens (including phenoxy) is 3. The number of methoxy groups -OCH3 is 3. The minimum absolute atomic E-state index is 0.00992. The first-order valence-electron chi connectivity index (χ1n) is 9.67. The number of rotatable bonds is 7. The van der Waals surface area contributed by atoms with Gasteiger partial charge in [-0.05, 0) is 55.7 Å². The summed E-state index contributed by atoms with van der Waals surface area (Å²) in [7, 11) is 4.78. The van der Waals surface area contributed by atoms with E-state index in [0.717, 1.165) is 24.0 Å². The molecule has 0 N–H and O–H groups in total. The van der Waals surface area contributed by atoms with Gasteiger partial charge in [-0.3, -0.25) is 9.59 Å². The predicted molar refractivity (Wildman–Crippen MR) is 110 cm³/mol. The zero-order valence-electron chi connectivity index (χ0n) is 17.4. The van der Waals surface area contributed by atoms with Crippen molar-refractivity contribution in [3.05, 3.63) is 53.1 Å². The second kappa shape index (κ2) is 8.99.